The second kappa shape index (κ2) is 6.13. The van der Waals surface area contributed by atoms with E-state index in [1.165, 1.54) is 11.6 Å². The van der Waals surface area contributed by atoms with Crippen molar-refractivity contribution >= 4 is 29.3 Å². The van der Waals surface area contributed by atoms with Crippen LogP contribution in [-0.2, 0) is 13.6 Å². The molecule has 7 heteroatoms. The van der Waals surface area contributed by atoms with E-state index >= 15 is 0 Å². The Labute approximate surface area is 143 Å². The van der Waals surface area contributed by atoms with Crippen molar-refractivity contribution in [2.45, 2.75) is 19.9 Å². The van der Waals surface area contributed by atoms with E-state index in [-0.39, 0.29) is 17.1 Å². The second-order valence-corrected chi connectivity index (χ2v) is 6.03. The number of anilines is 1. The molecule has 1 aromatic heterocycles. The molecule has 1 N–H and O–H groups in total. The van der Waals surface area contributed by atoms with Crippen LogP contribution in [0.2, 0.25) is 5.02 Å². The Morgan fingerprint density at radius 3 is 2.67 bits per heavy atom. The van der Waals surface area contributed by atoms with Crippen molar-refractivity contribution in [2.75, 3.05) is 5.32 Å². The highest BCUT2D eigenvalue weighted by atomic mass is 35.5. The smallest absolute Gasteiger partial charge is 0.332 e. The Kier molecular flexibility index (Phi) is 4.15. The normalized spacial score (nSPS) is 14.8. The van der Waals surface area contributed by atoms with Crippen molar-refractivity contribution in [3.8, 4) is 0 Å². The molecule has 0 bridgehead atoms. The fourth-order valence-corrected chi connectivity index (χ4v) is 2.92. The van der Waals surface area contributed by atoms with E-state index < -0.39 is 17.0 Å². The Balaban J connectivity index is 2.17. The number of nitrogens with one attached hydrogen (secondary N) is 1. The molecule has 0 atom stereocenters. The van der Waals surface area contributed by atoms with Crippen molar-refractivity contribution in [1.82, 2.24) is 9.13 Å². The minimum absolute atomic E-state index is 0.00109. The largest absolute Gasteiger partial charge is 0.338 e. The average molecular weight is 346 g/mol. The molecule has 0 aliphatic carbocycles. The topological polar surface area (TPSA) is 73.1 Å². The number of rotatable bonds is 3. The summed E-state index contributed by atoms with van der Waals surface area (Å²) in [6.07, 6.45) is 2.32. The van der Waals surface area contributed by atoms with E-state index in [2.05, 4.69) is 5.32 Å². The Bertz CT molecular complexity index is 986. The van der Waals surface area contributed by atoms with Gasteiger partial charge in [0.05, 0.1) is 5.70 Å². The Morgan fingerprint density at radius 1 is 1.25 bits per heavy atom. The van der Waals surface area contributed by atoms with Gasteiger partial charge in [0.1, 0.15) is 11.4 Å². The zero-order valence-electron chi connectivity index (χ0n) is 13.3. The van der Waals surface area contributed by atoms with Crippen LogP contribution in [0.15, 0.2) is 39.6 Å². The molecule has 6 nitrogen and oxygen atoms in total. The summed E-state index contributed by atoms with van der Waals surface area (Å²) in [5.41, 5.74) is -0.0507. The third-order valence-electron chi connectivity index (χ3n) is 3.87. The molecule has 1 aliphatic heterocycles. The van der Waals surface area contributed by atoms with E-state index in [1.807, 2.05) is 6.92 Å². The van der Waals surface area contributed by atoms with Gasteiger partial charge in [-0.05, 0) is 30.2 Å². The van der Waals surface area contributed by atoms with Crippen LogP contribution in [0.1, 0.15) is 29.3 Å². The third-order valence-corrected chi connectivity index (χ3v) is 4.11. The average Bonchev–Trinajstić information content (AvgIpc) is 2.86. The van der Waals surface area contributed by atoms with Crippen LogP contribution < -0.4 is 16.6 Å². The van der Waals surface area contributed by atoms with Crippen LogP contribution in [0.4, 0.5) is 5.82 Å². The lowest BCUT2D eigenvalue weighted by molar-refractivity contribution is 0.104. The molecule has 1 aliphatic rings. The summed E-state index contributed by atoms with van der Waals surface area (Å²) >= 11 is 5.96. The van der Waals surface area contributed by atoms with E-state index in [4.69, 9.17) is 11.6 Å². The highest BCUT2D eigenvalue weighted by molar-refractivity contribution is 6.30. The Hall–Kier alpha value is -2.60. The number of nitrogens with zero attached hydrogens (tertiary/aromatic N) is 2. The summed E-state index contributed by atoms with van der Waals surface area (Å²) in [6, 6.07) is 7.02. The van der Waals surface area contributed by atoms with E-state index in [0.717, 1.165) is 10.1 Å². The maximum atomic E-state index is 12.6. The quantitative estimate of drug-likeness (QED) is 0.866. The number of halogens is 1. The number of carbonyl (C=O) groups is 1. The van der Waals surface area contributed by atoms with Crippen LogP contribution in [0, 0.1) is 0 Å². The molecule has 0 saturated carbocycles. The van der Waals surface area contributed by atoms with Gasteiger partial charge in [0.15, 0.2) is 0 Å². The number of hydrogen-bond acceptors (Lipinski definition) is 4. The summed E-state index contributed by atoms with van der Waals surface area (Å²) in [5.74, 6) is -0.154. The predicted octanol–water partition coefficient (Wildman–Crippen LogP) is 2.26. The van der Waals surface area contributed by atoms with Crippen LogP contribution in [-0.4, -0.2) is 14.9 Å². The lowest BCUT2D eigenvalue weighted by atomic mass is 10.1. The number of ketones is 1. The van der Waals surface area contributed by atoms with E-state index in [0.29, 0.717) is 18.0 Å². The first-order chi connectivity index (χ1) is 11.4. The molecule has 0 unspecified atom stereocenters. The first-order valence-corrected chi connectivity index (χ1v) is 7.94. The minimum Gasteiger partial charge on any atom is -0.338 e. The van der Waals surface area contributed by atoms with Gasteiger partial charge in [0.25, 0.3) is 5.56 Å². The standard InChI is InChI=1S/C17H16ClN3O3/c1-3-7-21-15-13(16(23)20(2)17(21)24)14(22)12(19-15)9-10-5-4-6-11(18)8-10/h4-6,8-9,19H,3,7H2,1-2H3/b12-9-. The molecule has 0 amide bonds. The molecular formula is C17H16ClN3O3. The SMILES string of the molecule is CCCn1c2c(c(=O)n(C)c1=O)C(=O)/C(=C/c1cccc(Cl)c1)N2. The van der Waals surface area contributed by atoms with Gasteiger partial charge in [-0.1, -0.05) is 30.7 Å². The maximum absolute atomic E-state index is 12.6. The summed E-state index contributed by atoms with van der Waals surface area (Å²) in [6.45, 7) is 2.34. The van der Waals surface area contributed by atoms with Gasteiger partial charge in [0.2, 0.25) is 5.78 Å². The maximum Gasteiger partial charge on any atom is 0.332 e. The number of allylic oxidation sites excluding steroid dienone is 1. The van der Waals surface area contributed by atoms with E-state index in [1.54, 1.807) is 30.3 Å². The number of carbonyl (C=O) groups excluding carboxylic acids is 1. The number of benzene rings is 1. The molecule has 0 radical (unpaired) electrons. The molecular weight excluding hydrogens is 330 g/mol. The molecule has 0 fully saturated rings. The van der Waals surface area contributed by atoms with Crippen LogP contribution in [0.25, 0.3) is 6.08 Å². The van der Waals surface area contributed by atoms with Gasteiger partial charge < -0.3 is 5.32 Å². The highest BCUT2D eigenvalue weighted by Gasteiger charge is 2.32. The first-order valence-electron chi connectivity index (χ1n) is 7.57. The zero-order chi connectivity index (χ0) is 17.4. The number of hydrogen-bond donors (Lipinski definition) is 1. The van der Waals surface area contributed by atoms with Crippen LogP contribution in [0.3, 0.4) is 0 Å². The summed E-state index contributed by atoms with van der Waals surface area (Å²) in [4.78, 5) is 37.3. The highest BCUT2D eigenvalue weighted by Crippen LogP contribution is 2.26. The van der Waals surface area contributed by atoms with Gasteiger partial charge in [-0.15, -0.1) is 0 Å². The van der Waals surface area contributed by atoms with E-state index in [9.17, 15) is 14.4 Å². The van der Waals surface area contributed by atoms with Crippen molar-refractivity contribution in [3.05, 3.63) is 67.0 Å². The van der Waals surface area contributed by atoms with Crippen molar-refractivity contribution < 1.29 is 4.79 Å². The molecule has 1 aromatic carbocycles. The van der Waals surface area contributed by atoms with Gasteiger partial charge in [-0.2, -0.15) is 0 Å². The summed E-state index contributed by atoms with van der Waals surface area (Å²) in [7, 11) is 1.38. The molecule has 24 heavy (non-hydrogen) atoms. The first kappa shape index (κ1) is 16.3. The van der Waals surface area contributed by atoms with Gasteiger partial charge >= 0.3 is 5.69 Å². The zero-order valence-corrected chi connectivity index (χ0v) is 14.1. The lowest BCUT2D eigenvalue weighted by Crippen LogP contribution is -2.40. The molecule has 2 aromatic rings. The number of fused-ring (bicyclic) bond motifs is 1. The minimum atomic E-state index is -0.589. The fourth-order valence-electron chi connectivity index (χ4n) is 2.72. The lowest BCUT2D eigenvalue weighted by Gasteiger charge is -2.11. The number of aromatic nitrogens is 2. The van der Waals surface area contributed by atoms with Gasteiger partial charge in [-0.25, -0.2) is 4.79 Å². The predicted molar refractivity (Wildman–Crippen MR) is 93.6 cm³/mol. The van der Waals surface area contributed by atoms with Crippen molar-refractivity contribution in [1.29, 1.82) is 0 Å². The third kappa shape index (κ3) is 2.59. The fraction of sp³-hybridized carbons (Fsp3) is 0.235. The van der Waals surface area contributed by atoms with Gasteiger partial charge in [-0.3, -0.25) is 18.7 Å². The van der Waals surface area contributed by atoms with Crippen LogP contribution >= 0.6 is 11.6 Å². The molecule has 2 heterocycles. The monoisotopic (exact) mass is 345 g/mol. The summed E-state index contributed by atoms with van der Waals surface area (Å²) in [5, 5.41) is 3.48. The van der Waals surface area contributed by atoms with Crippen LogP contribution in [0.5, 0.6) is 0 Å². The Morgan fingerprint density at radius 2 is 2.00 bits per heavy atom. The van der Waals surface area contributed by atoms with Gasteiger partial charge in [0, 0.05) is 18.6 Å². The van der Waals surface area contributed by atoms with Crippen molar-refractivity contribution in [3.63, 3.8) is 0 Å². The second-order valence-electron chi connectivity index (χ2n) is 5.59. The molecule has 3 rings (SSSR count). The molecule has 0 spiro atoms. The summed E-state index contributed by atoms with van der Waals surface area (Å²) < 4.78 is 2.39. The molecule has 124 valence electrons. The van der Waals surface area contributed by atoms with Crippen molar-refractivity contribution in [2.24, 2.45) is 7.05 Å². The number of Topliss-reactive ketones (excluding diaryl/α,β-unsaturated/α-hetero) is 1. The molecule has 0 saturated heterocycles.